The molecule has 1 aliphatic carbocycles. The quantitative estimate of drug-likeness (QED) is 0.512. The molecule has 0 aromatic carbocycles. The van der Waals surface area contributed by atoms with Gasteiger partial charge in [-0.25, -0.2) is 0 Å². The molecule has 2 fully saturated rings. The molecule has 0 aromatic heterocycles. The van der Waals surface area contributed by atoms with E-state index >= 15 is 0 Å². The predicted molar refractivity (Wildman–Crippen MR) is 37.7 cm³/mol. The molecule has 10 heavy (non-hydrogen) atoms. The molecule has 0 radical (unpaired) electrons. The van der Waals surface area contributed by atoms with Crippen molar-refractivity contribution in [2.75, 3.05) is 0 Å². The van der Waals surface area contributed by atoms with Gasteiger partial charge in [-0.05, 0) is 33.1 Å². The smallest absolute Gasteiger partial charge is 0.163 e. The zero-order valence-electron chi connectivity index (χ0n) is 6.59. The average Bonchev–Trinajstić information content (AvgIpc) is 2.20. The monoisotopic (exact) mass is 142 g/mol. The summed E-state index contributed by atoms with van der Waals surface area (Å²) in [5, 5.41) is 0. The maximum atomic E-state index is 5.65. The van der Waals surface area contributed by atoms with Crippen LogP contribution in [0.1, 0.15) is 33.1 Å². The Morgan fingerprint density at radius 3 is 2.10 bits per heavy atom. The van der Waals surface area contributed by atoms with E-state index in [2.05, 4.69) is 0 Å². The fourth-order valence-electron chi connectivity index (χ4n) is 1.92. The summed E-state index contributed by atoms with van der Waals surface area (Å²) in [5.74, 6) is -0.310. The van der Waals surface area contributed by atoms with Crippen LogP contribution in [0.2, 0.25) is 0 Å². The van der Waals surface area contributed by atoms with Gasteiger partial charge in [0.2, 0.25) is 0 Å². The van der Waals surface area contributed by atoms with E-state index in [-0.39, 0.29) is 5.79 Å². The van der Waals surface area contributed by atoms with Gasteiger partial charge in [0.15, 0.2) is 5.79 Å². The summed E-state index contributed by atoms with van der Waals surface area (Å²) in [6.07, 6.45) is 4.44. The van der Waals surface area contributed by atoms with Gasteiger partial charge in [0.05, 0.1) is 12.2 Å². The lowest BCUT2D eigenvalue weighted by molar-refractivity contribution is -0.151. The molecule has 2 atom stereocenters. The van der Waals surface area contributed by atoms with Gasteiger partial charge in [0.25, 0.3) is 0 Å². The molecule has 0 spiro atoms. The largest absolute Gasteiger partial charge is 0.345 e. The fourth-order valence-corrected chi connectivity index (χ4v) is 1.92. The first kappa shape index (κ1) is 6.62. The number of hydrogen-bond acceptors (Lipinski definition) is 2. The molecule has 0 amide bonds. The van der Waals surface area contributed by atoms with E-state index in [9.17, 15) is 0 Å². The van der Waals surface area contributed by atoms with Crippen LogP contribution in [0.25, 0.3) is 0 Å². The third-order valence-corrected chi connectivity index (χ3v) is 2.26. The lowest BCUT2D eigenvalue weighted by atomic mass is 10.3. The van der Waals surface area contributed by atoms with Crippen LogP contribution in [0.5, 0.6) is 0 Å². The average molecular weight is 142 g/mol. The van der Waals surface area contributed by atoms with E-state index < -0.39 is 0 Å². The highest BCUT2D eigenvalue weighted by molar-refractivity contribution is 4.86. The zero-order chi connectivity index (χ0) is 7.19. The molecule has 2 rings (SSSR count). The van der Waals surface area contributed by atoms with Crippen molar-refractivity contribution >= 4 is 0 Å². The number of rotatable bonds is 0. The Morgan fingerprint density at radius 1 is 1.10 bits per heavy atom. The van der Waals surface area contributed by atoms with Crippen molar-refractivity contribution in [1.82, 2.24) is 0 Å². The van der Waals surface area contributed by atoms with Crippen LogP contribution in [0, 0.1) is 0 Å². The van der Waals surface area contributed by atoms with Crippen LogP contribution in [0.15, 0.2) is 0 Å². The number of fused-ring (bicyclic) bond motifs is 1. The molecule has 0 unspecified atom stereocenters. The topological polar surface area (TPSA) is 18.5 Å². The lowest BCUT2D eigenvalue weighted by Gasteiger charge is -2.17. The second-order valence-corrected chi connectivity index (χ2v) is 3.64. The first-order valence-electron chi connectivity index (χ1n) is 4.03. The van der Waals surface area contributed by atoms with Crippen molar-refractivity contribution < 1.29 is 9.47 Å². The molecule has 1 saturated carbocycles. The minimum Gasteiger partial charge on any atom is -0.345 e. The molecule has 1 heterocycles. The van der Waals surface area contributed by atoms with Gasteiger partial charge < -0.3 is 9.47 Å². The standard InChI is InChI=1S/C8H14O2/c1-8(2)9-6-4-3-5-7(6)10-8/h6-7H,3-5H2,1-2H3/t6-,7+. The summed E-state index contributed by atoms with van der Waals surface area (Å²) in [4.78, 5) is 0. The molecule has 0 aromatic rings. The van der Waals surface area contributed by atoms with Crippen LogP contribution < -0.4 is 0 Å². The zero-order valence-corrected chi connectivity index (χ0v) is 6.59. The van der Waals surface area contributed by atoms with Crippen molar-refractivity contribution in [2.45, 2.75) is 51.1 Å². The van der Waals surface area contributed by atoms with Gasteiger partial charge in [0.1, 0.15) is 0 Å². The van der Waals surface area contributed by atoms with E-state index in [1.807, 2.05) is 13.8 Å². The molecule has 0 N–H and O–H groups in total. The van der Waals surface area contributed by atoms with Gasteiger partial charge in [-0.15, -0.1) is 0 Å². The highest BCUT2D eigenvalue weighted by Crippen LogP contribution is 2.37. The van der Waals surface area contributed by atoms with Crippen molar-refractivity contribution in [3.8, 4) is 0 Å². The number of hydrogen-bond donors (Lipinski definition) is 0. The summed E-state index contributed by atoms with van der Waals surface area (Å²) in [7, 11) is 0. The minimum absolute atomic E-state index is 0.310. The van der Waals surface area contributed by atoms with Gasteiger partial charge in [-0.2, -0.15) is 0 Å². The maximum absolute atomic E-state index is 5.65. The van der Waals surface area contributed by atoms with E-state index in [4.69, 9.17) is 9.47 Å². The summed E-state index contributed by atoms with van der Waals surface area (Å²) < 4.78 is 11.3. The summed E-state index contributed by atoms with van der Waals surface area (Å²) in [5.41, 5.74) is 0. The van der Waals surface area contributed by atoms with Crippen LogP contribution in [-0.2, 0) is 9.47 Å². The van der Waals surface area contributed by atoms with Gasteiger partial charge in [0, 0.05) is 0 Å². The number of ether oxygens (including phenoxy) is 2. The van der Waals surface area contributed by atoms with Crippen LogP contribution in [0.3, 0.4) is 0 Å². The Kier molecular flexibility index (Phi) is 1.29. The van der Waals surface area contributed by atoms with E-state index in [0.717, 1.165) is 0 Å². The Morgan fingerprint density at radius 2 is 1.60 bits per heavy atom. The Balaban J connectivity index is 2.07. The van der Waals surface area contributed by atoms with E-state index in [1.54, 1.807) is 0 Å². The summed E-state index contributed by atoms with van der Waals surface area (Å²) >= 11 is 0. The van der Waals surface area contributed by atoms with E-state index in [1.165, 1.54) is 19.3 Å². The molecule has 2 heteroatoms. The van der Waals surface area contributed by atoms with Gasteiger partial charge >= 0.3 is 0 Å². The highest BCUT2D eigenvalue weighted by Gasteiger charge is 2.43. The third kappa shape index (κ3) is 0.956. The van der Waals surface area contributed by atoms with Crippen LogP contribution >= 0.6 is 0 Å². The molecule has 2 aliphatic rings. The lowest BCUT2D eigenvalue weighted by Crippen LogP contribution is -2.21. The molecule has 1 aliphatic heterocycles. The third-order valence-electron chi connectivity index (χ3n) is 2.26. The van der Waals surface area contributed by atoms with Crippen LogP contribution in [-0.4, -0.2) is 18.0 Å². The van der Waals surface area contributed by atoms with Gasteiger partial charge in [-0.1, -0.05) is 0 Å². The van der Waals surface area contributed by atoms with E-state index in [0.29, 0.717) is 12.2 Å². The highest BCUT2D eigenvalue weighted by atomic mass is 16.8. The first-order chi connectivity index (χ1) is 4.67. The SMILES string of the molecule is CC1(C)O[C@H]2CCC[C@H]2O1. The Bertz CT molecular complexity index is 128. The van der Waals surface area contributed by atoms with Crippen LogP contribution in [0.4, 0.5) is 0 Å². The first-order valence-corrected chi connectivity index (χ1v) is 4.03. The minimum atomic E-state index is -0.310. The molecule has 1 saturated heterocycles. The molecule has 0 bridgehead atoms. The second kappa shape index (κ2) is 1.95. The van der Waals surface area contributed by atoms with Crippen molar-refractivity contribution in [1.29, 1.82) is 0 Å². The molecular weight excluding hydrogens is 128 g/mol. The summed E-state index contributed by atoms with van der Waals surface area (Å²) in [6, 6.07) is 0. The predicted octanol–water partition coefficient (Wildman–Crippen LogP) is 1.69. The maximum Gasteiger partial charge on any atom is 0.163 e. The Labute approximate surface area is 61.5 Å². The van der Waals surface area contributed by atoms with Crippen molar-refractivity contribution in [3.63, 3.8) is 0 Å². The van der Waals surface area contributed by atoms with Gasteiger partial charge in [-0.3, -0.25) is 0 Å². The van der Waals surface area contributed by atoms with Crippen molar-refractivity contribution in [3.05, 3.63) is 0 Å². The van der Waals surface area contributed by atoms with Crippen molar-refractivity contribution in [2.24, 2.45) is 0 Å². The Hall–Kier alpha value is -0.0800. The normalized spacial score (nSPS) is 43.8. The molecule has 58 valence electrons. The summed E-state index contributed by atoms with van der Waals surface area (Å²) in [6.45, 7) is 3.98. The molecular formula is C8H14O2. The second-order valence-electron chi connectivity index (χ2n) is 3.64. The molecule has 2 nitrogen and oxygen atoms in total. The fraction of sp³-hybridized carbons (Fsp3) is 1.00.